The maximum atomic E-state index is 5.85. The van der Waals surface area contributed by atoms with Gasteiger partial charge in [-0.1, -0.05) is 0 Å². The van der Waals surface area contributed by atoms with Crippen LogP contribution in [0, 0.1) is 6.92 Å². The number of likely N-dealkylation sites (tertiary alicyclic amines) is 1. The summed E-state index contributed by atoms with van der Waals surface area (Å²) in [5, 5.41) is 7.40. The Balaban J connectivity index is 1.56. The molecule has 1 fully saturated rings. The van der Waals surface area contributed by atoms with E-state index in [0.29, 0.717) is 6.04 Å². The Labute approximate surface area is 137 Å². The first kappa shape index (κ1) is 14.1. The molecule has 1 atom stereocenters. The summed E-state index contributed by atoms with van der Waals surface area (Å²) in [5.74, 6) is 1.66. The molecule has 0 aromatic carbocycles. The van der Waals surface area contributed by atoms with Gasteiger partial charge >= 0.3 is 0 Å². The first-order valence-electron chi connectivity index (χ1n) is 7.43. The minimum absolute atomic E-state index is 0.431. The fourth-order valence-corrected chi connectivity index (χ4v) is 4.41. The topological polar surface area (TPSA) is 42.2 Å². The number of nitrogens with zero attached hydrogens (tertiary/aromatic N) is 3. The van der Waals surface area contributed by atoms with Crippen LogP contribution in [0.3, 0.4) is 0 Å². The molecule has 1 aliphatic rings. The lowest BCUT2D eigenvalue weighted by Gasteiger charge is -2.21. The highest BCUT2D eigenvalue weighted by atomic mass is 32.1. The molecule has 3 aromatic rings. The van der Waals surface area contributed by atoms with Crippen molar-refractivity contribution < 1.29 is 4.42 Å². The Morgan fingerprint density at radius 1 is 1.41 bits per heavy atom. The second-order valence-corrected chi connectivity index (χ2v) is 7.24. The molecule has 3 aromatic heterocycles. The molecule has 22 heavy (non-hydrogen) atoms. The standard InChI is InChI=1S/C16H17N3OS2/c1-11-13(18-15(20-11)12-4-7-21-10-12)9-19-6-2-3-14(19)16-17-5-8-22-16/h4-5,7-8,10,14H,2-3,6,9H2,1H3. The maximum Gasteiger partial charge on any atom is 0.227 e. The van der Waals surface area contributed by atoms with E-state index in [1.54, 1.807) is 22.7 Å². The Bertz CT molecular complexity index is 734. The van der Waals surface area contributed by atoms with E-state index in [2.05, 4.69) is 20.6 Å². The van der Waals surface area contributed by atoms with Gasteiger partial charge in [-0.3, -0.25) is 4.90 Å². The van der Waals surface area contributed by atoms with Crippen molar-refractivity contribution in [3.63, 3.8) is 0 Å². The van der Waals surface area contributed by atoms with Crippen LogP contribution < -0.4 is 0 Å². The second kappa shape index (κ2) is 5.95. The Hall–Kier alpha value is -1.50. The van der Waals surface area contributed by atoms with Crippen molar-refractivity contribution in [3.05, 3.63) is 44.9 Å². The fourth-order valence-electron chi connectivity index (χ4n) is 2.97. The van der Waals surface area contributed by atoms with E-state index in [1.807, 2.05) is 24.6 Å². The molecule has 0 aliphatic carbocycles. The molecule has 1 saturated heterocycles. The van der Waals surface area contributed by atoms with Crippen LogP contribution >= 0.6 is 22.7 Å². The van der Waals surface area contributed by atoms with Gasteiger partial charge in [0.1, 0.15) is 10.8 Å². The van der Waals surface area contributed by atoms with Gasteiger partial charge < -0.3 is 4.42 Å². The molecular weight excluding hydrogens is 314 g/mol. The van der Waals surface area contributed by atoms with Crippen molar-refractivity contribution in [1.82, 2.24) is 14.9 Å². The van der Waals surface area contributed by atoms with E-state index in [4.69, 9.17) is 9.40 Å². The van der Waals surface area contributed by atoms with Gasteiger partial charge in [-0.15, -0.1) is 11.3 Å². The van der Waals surface area contributed by atoms with Crippen molar-refractivity contribution in [2.75, 3.05) is 6.54 Å². The van der Waals surface area contributed by atoms with Crippen molar-refractivity contribution in [2.24, 2.45) is 0 Å². The smallest absolute Gasteiger partial charge is 0.227 e. The normalized spacial score (nSPS) is 19.0. The van der Waals surface area contributed by atoms with Gasteiger partial charge in [-0.2, -0.15) is 11.3 Å². The van der Waals surface area contributed by atoms with Crippen LogP contribution in [0.5, 0.6) is 0 Å². The van der Waals surface area contributed by atoms with Gasteiger partial charge in [0, 0.05) is 29.1 Å². The molecular formula is C16H17N3OS2. The third-order valence-corrected chi connectivity index (χ3v) is 5.67. The zero-order valence-electron chi connectivity index (χ0n) is 12.4. The highest BCUT2D eigenvalue weighted by molar-refractivity contribution is 7.09. The van der Waals surface area contributed by atoms with Crippen LogP contribution in [0.1, 0.15) is 35.3 Å². The lowest BCUT2D eigenvalue weighted by molar-refractivity contribution is 0.244. The van der Waals surface area contributed by atoms with Crippen LogP contribution in [-0.2, 0) is 6.54 Å². The molecule has 1 unspecified atom stereocenters. The second-order valence-electron chi connectivity index (χ2n) is 5.53. The van der Waals surface area contributed by atoms with Gasteiger partial charge in [0.2, 0.25) is 5.89 Å². The van der Waals surface area contributed by atoms with Crippen LogP contribution in [0.25, 0.3) is 11.5 Å². The number of oxazole rings is 1. The molecule has 4 rings (SSSR count). The summed E-state index contributed by atoms with van der Waals surface area (Å²) in [6, 6.07) is 2.48. The van der Waals surface area contributed by atoms with Crippen LogP contribution in [0.2, 0.25) is 0 Å². The third kappa shape index (κ3) is 2.62. The summed E-state index contributed by atoms with van der Waals surface area (Å²) >= 11 is 3.41. The number of thiophene rings is 1. The number of rotatable bonds is 4. The van der Waals surface area contributed by atoms with Crippen LogP contribution in [0.15, 0.2) is 32.8 Å². The Kier molecular flexibility index (Phi) is 3.82. The summed E-state index contributed by atoms with van der Waals surface area (Å²) in [4.78, 5) is 11.7. The summed E-state index contributed by atoms with van der Waals surface area (Å²) in [7, 11) is 0. The average molecular weight is 331 g/mol. The predicted molar refractivity (Wildman–Crippen MR) is 89.1 cm³/mol. The van der Waals surface area contributed by atoms with Gasteiger partial charge in [0.05, 0.1) is 11.7 Å². The number of aromatic nitrogens is 2. The highest BCUT2D eigenvalue weighted by Crippen LogP contribution is 2.35. The fraction of sp³-hybridized carbons (Fsp3) is 0.375. The molecule has 4 nitrogen and oxygen atoms in total. The van der Waals surface area contributed by atoms with E-state index in [-0.39, 0.29) is 0 Å². The number of thiazole rings is 1. The largest absolute Gasteiger partial charge is 0.441 e. The summed E-state index contributed by atoms with van der Waals surface area (Å²) in [6.45, 7) is 3.95. The van der Waals surface area contributed by atoms with E-state index in [0.717, 1.165) is 36.0 Å². The Morgan fingerprint density at radius 2 is 2.36 bits per heavy atom. The van der Waals surface area contributed by atoms with E-state index in [9.17, 15) is 0 Å². The van der Waals surface area contributed by atoms with E-state index in [1.165, 1.54) is 17.8 Å². The SMILES string of the molecule is Cc1oc(-c2ccsc2)nc1CN1CCCC1c1nccs1. The minimum atomic E-state index is 0.431. The number of hydrogen-bond acceptors (Lipinski definition) is 6. The first-order chi connectivity index (χ1) is 10.8. The summed E-state index contributed by atoms with van der Waals surface area (Å²) < 4.78 is 5.85. The maximum absolute atomic E-state index is 5.85. The minimum Gasteiger partial charge on any atom is -0.441 e. The lowest BCUT2D eigenvalue weighted by atomic mass is 10.2. The third-order valence-electron chi connectivity index (χ3n) is 4.11. The lowest BCUT2D eigenvalue weighted by Crippen LogP contribution is -2.23. The van der Waals surface area contributed by atoms with Gasteiger partial charge in [-0.05, 0) is 37.8 Å². The molecule has 1 aliphatic heterocycles. The molecule has 6 heteroatoms. The molecule has 0 radical (unpaired) electrons. The predicted octanol–water partition coefficient (Wildman–Crippen LogP) is 4.51. The number of aryl methyl sites for hydroxylation is 1. The average Bonchev–Trinajstić information content (AvgIpc) is 3.27. The van der Waals surface area contributed by atoms with E-state index < -0.39 is 0 Å². The zero-order chi connectivity index (χ0) is 14.9. The molecule has 0 spiro atoms. The summed E-state index contributed by atoms with van der Waals surface area (Å²) in [6.07, 6.45) is 4.30. The van der Waals surface area contributed by atoms with Crippen molar-refractivity contribution >= 4 is 22.7 Å². The number of hydrogen-bond donors (Lipinski definition) is 0. The molecule has 114 valence electrons. The quantitative estimate of drug-likeness (QED) is 0.705. The molecule has 4 heterocycles. The van der Waals surface area contributed by atoms with Crippen molar-refractivity contribution in [3.8, 4) is 11.5 Å². The molecule has 0 saturated carbocycles. The van der Waals surface area contributed by atoms with Gasteiger partial charge in [0.25, 0.3) is 0 Å². The molecule has 0 bridgehead atoms. The monoisotopic (exact) mass is 331 g/mol. The van der Waals surface area contributed by atoms with Crippen molar-refractivity contribution in [1.29, 1.82) is 0 Å². The van der Waals surface area contributed by atoms with Crippen LogP contribution in [-0.4, -0.2) is 21.4 Å². The Morgan fingerprint density at radius 3 is 3.14 bits per heavy atom. The summed E-state index contributed by atoms with van der Waals surface area (Å²) in [5.41, 5.74) is 2.11. The zero-order valence-corrected chi connectivity index (χ0v) is 14.0. The molecule has 0 amide bonds. The first-order valence-corrected chi connectivity index (χ1v) is 9.26. The van der Waals surface area contributed by atoms with E-state index >= 15 is 0 Å². The van der Waals surface area contributed by atoms with Crippen LogP contribution in [0.4, 0.5) is 0 Å². The van der Waals surface area contributed by atoms with Crippen molar-refractivity contribution in [2.45, 2.75) is 32.4 Å². The highest BCUT2D eigenvalue weighted by Gasteiger charge is 2.29. The van der Waals surface area contributed by atoms with Gasteiger partial charge in [-0.25, -0.2) is 9.97 Å². The molecule has 0 N–H and O–H groups in total. The van der Waals surface area contributed by atoms with Gasteiger partial charge in [0.15, 0.2) is 0 Å².